The van der Waals surface area contributed by atoms with Crippen LogP contribution in [0.2, 0.25) is 0 Å². The van der Waals surface area contributed by atoms with Crippen molar-refractivity contribution in [3.63, 3.8) is 0 Å². The number of nitrogens with one attached hydrogen (secondary N) is 2. The number of hydrogen-bond donors (Lipinski definition) is 2. The maximum atomic E-state index is 13.3. The molecule has 0 bridgehead atoms. The summed E-state index contributed by atoms with van der Waals surface area (Å²) in [5.74, 6) is -1.86. The molecule has 190 valence electrons. The maximum Gasteiger partial charge on any atom is 0.282 e. The van der Waals surface area contributed by atoms with E-state index >= 15 is 0 Å². The van der Waals surface area contributed by atoms with Crippen molar-refractivity contribution in [1.82, 2.24) is 29.6 Å². The number of likely N-dealkylation sites (tertiary alicyclic amines) is 1. The molecule has 37 heavy (non-hydrogen) atoms. The van der Waals surface area contributed by atoms with Gasteiger partial charge in [0.1, 0.15) is 11.5 Å². The summed E-state index contributed by atoms with van der Waals surface area (Å²) in [6, 6.07) is 11.7. The van der Waals surface area contributed by atoms with Crippen molar-refractivity contribution in [1.29, 1.82) is 0 Å². The third-order valence-corrected chi connectivity index (χ3v) is 6.90. The zero-order valence-corrected chi connectivity index (χ0v) is 20.5. The Morgan fingerprint density at radius 2 is 1.89 bits per heavy atom. The Morgan fingerprint density at radius 1 is 1.11 bits per heavy atom. The molecule has 3 aromatic heterocycles. The number of fused-ring (bicyclic) bond motifs is 1. The number of benzene rings is 1. The highest BCUT2D eigenvalue weighted by Gasteiger charge is 2.47. The van der Waals surface area contributed by atoms with Crippen molar-refractivity contribution >= 4 is 23.4 Å². The number of alkyl halides is 2. The highest BCUT2D eigenvalue weighted by molar-refractivity contribution is 5.94. The number of rotatable bonds is 5. The molecule has 0 unspecified atom stereocenters. The number of aryl methyl sites for hydroxylation is 1. The smallest absolute Gasteiger partial charge is 0.282 e. The highest BCUT2D eigenvalue weighted by Crippen LogP contribution is 2.31. The minimum absolute atomic E-state index is 0.355. The van der Waals surface area contributed by atoms with E-state index in [0.717, 1.165) is 33.8 Å². The van der Waals surface area contributed by atoms with Crippen LogP contribution < -0.4 is 10.2 Å². The first-order valence-electron chi connectivity index (χ1n) is 12.1. The molecule has 9 nitrogen and oxygen atoms in total. The van der Waals surface area contributed by atoms with Crippen LogP contribution in [0.1, 0.15) is 27.4 Å². The van der Waals surface area contributed by atoms with Crippen molar-refractivity contribution in [3.8, 4) is 11.1 Å². The van der Waals surface area contributed by atoms with Gasteiger partial charge in [-0.3, -0.25) is 9.89 Å². The molecule has 2 aliphatic rings. The van der Waals surface area contributed by atoms with Crippen molar-refractivity contribution in [2.75, 3.05) is 29.9 Å². The molecule has 0 radical (unpaired) electrons. The van der Waals surface area contributed by atoms with Gasteiger partial charge in [-0.05, 0) is 42.7 Å². The largest absolute Gasteiger partial charge is 0.342 e. The standard InChI is InChI=1S/C26H26F2N8O/c1-16-9-23(32-20-5-3-17(4-6-20)19-11-29-30-12-19)33-25(31-16)35-8-7-18-10-21(34(2)22(18)13-35)24(37)36-14-26(27,28)15-36/h3-6,9-12H,7-8,13-15H2,1-2H3,(H,29,30)(H,31,32,33). The van der Waals surface area contributed by atoms with Gasteiger partial charge in [0, 0.05) is 48.5 Å². The van der Waals surface area contributed by atoms with Crippen LogP contribution in [0, 0.1) is 6.92 Å². The highest BCUT2D eigenvalue weighted by atomic mass is 19.3. The zero-order valence-electron chi connectivity index (χ0n) is 20.5. The molecule has 1 aromatic carbocycles. The fourth-order valence-corrected chi connectivity index (χ4v) is 4.90. The lowest BCUT2D eigenvalue weighted by Crippen LogP contribution is -2.58. The summed E-state index contributed by atoms with van der Waals surface area (Å²) in [4.78, 5) is 25.5. The number of carbonyl (C=O) groups excluding carboxylic acids is 1. The van der Waals surface area contributed by atoms with Gasteiger partial charge in [-0.25, -0.2) is 13.8 Å². The monoisotopic (exact) mass is 504 g/mol. The molecule has 1 saturated heterocycles. The summed E-state index contributed by atoms with van der Waals surface area (Å²) in [6.07, 6.45) is 4.34. The summed E-state index contributed by atoms with van der Waals surface area (Å²) in [6.45, 7) is 2.10. The van der Waals surface area contributed by atoms with Gasteiger partial charge < -0.3 is 19.7 Å². The van der Waals surface area contributed by atoms with E-state index in [2.05, 4.69) is 25.4 Å². The molecule has 0 aliphatic carbocycles. The molecule has 2 N–H and O–H groups in total. The van der Waals surface area contributed by atoms with Crippen LogP contribution in [0.25, 0.3) is 11.1 Å². The quantitative estimate of drug-likeness (QED) is 0.428. The second-order valence-corrected chi connectivity index (χ2v) is 9.63. The van der Waals surface area contributed by atoms with Gasteiger partial charge in [-0.15, -0.1) is 0 Å². The second kappa shape index (κ2) is 8.68. The van der Waals surface area contributed by atoms with Gasteiger partial charge >= 0.3 is 0 Å². The van der Waals surface area contributed by atoms with Crippen LogP contribution in [0.5, 0.6) is 0 Å². The Hall–Kier alpha value is -4.28. The maximum absolute atomic E-state index is 13.3. The number of H-pyrrole nitrogens is 1. The van der Waals surface area contributed by atoms with E-state index < -0.39 is 19.0 Å². The molecular formula is C26H26F2N8O. The fourth-order valence-electron chi connectivity index (χ4n) is 4.90. The first-order chi connectivity index (χ1) is 17.8. The Morgan fingerprint density at radius 3 is 2.59 bits per heavy atom. The molecule has 1 amide bonds. The fraction of sp³-hybridized carbons (Fsp3) is 0.308. The van der Waals surface area contributed by atoms with Gasteiger partial charge in [0.15, 0.2) is 0 Å². The lowest BCUT2D eigenvalue weighted by Gasteiger charge is -2.38. The average molecular weight is 505 g/mol. The minimum atomic E-state index is -2.78. The molecule has 6 rings (SSSR count). The van der Waals surface area contributed by atoms with Crippen LogP contribution in [-0.4, -0.2) is 61.1 Å². The number of aromatic amines is 1. The molecule has 1 fully saturated rings. The van der Waals surface area contributed by atoms with Crippen molar-refractivity contribution < 1.29 is 13.6 Å². The van der Waals surface area contributed by atoms with Crippen molar-refractivity contribution in [3.05, 3.63) is 71.4 Å². The molecule has 0 saturated carbocycles. The van der Waals surface area contributed by atoms with Crippen molar-refractivity contribution in [2.24, 2.45) is 7.05 Å². The van der Waals surface area contributed by atoms with E-state index in [1.165, 1.54) is 4.90 Å². The SMILES string of the molecule is Cc1cc(Nc2ccc(-c3cn[nH]c3)cc2)nc(N2CCc3cc(C(=O)N4CC(F)(F)C4)n(C)c3C2)n1. The summed E-state index contributed by atoms with van der Waals surface area (Å²) in [5.41, 5.74) is 6.27. The Balaban J connectivity index is 1.19. The molecule has 11 heteroatoms. The third kappa shape index (κ3) is 4.41. The van der Waals surface area contributed by atoms with Gasteiger partial charge in [0.2, 0.25) is 5.95 Å². The number of nitrogens with zero attached hydrogens (tertiary/aromatic N) is 6. The van der Waals surface area contributed by atoms with E-state index in [9.17, 15) is 13.6 Å². The summed E-state index contributed by atoms with van der Waals surface area (Å²) >= 11 is 0. The minimum Gasteiger partial charge on any atom is -0.342 e. The normalized spacial score (nSPS) is 16.3. The molecule has 2 aliphatic heterocycles. The number of halogens is 2. The molecular weight excluding hydrogens is 478 g/mol. The predicted molar refractivity (Wildman–Crippen MR) is 135 cm³/mol. The summed E-state index contributed by atoms with van der Waals surface area (Å²) < 4.78 is 28.4. The second-order valence-electron chi connectivity index (χ2n) is 9.63. The number of anilines is 3. The van der Waals surface area contributed by atoms with E-state index in [0.29, 0.717) is 37.0 Å². The van der Waals surface area contributed by atoms with Crippen LogP contribution >= 0.6 is 0 Å². The van der Waals surface area contributed by atoms with Gasteiger partial charge in [0.05, 0.1) is 25.8 Å². The number of carbonyl (C=O) groups is 1. The lowest BCUT2D eigenvalue weighted by molar-refractivity contribution is -0.113. The zero-order chi connectivity index (χ0) is 25.7. The van der Waals surface area contributed by atoms with E-state index in [4.69, 9.17) is 4.98 Å². The number of hydrogen-bond acceptors (Lipinski definition) is 6. The lowest BCUT2D eigenvalue weighted by atomic mass is 10.1. The third-order valence-electron chi connectivity index (χ3n) is 6.90. The van der Waals surface area contributed by atoms with Crippen LogP contribution in [0.3, 0.4) is 0 Å². The average Bonchev–Trinajstić information content (AvgIpc) is 3.51. The number of amides is 1. The molecule has 4 aromatic rings. The van der Waals surface area contributed by atoms with Crippen LogP contribution in [-0.2, 0) is 20.0 Å². The molecule has 0 atom stereocenters. The summed E-state index contributed by atoms with van der Waals surface area (Å²) in [5, 5.41) is 10.2. The topological polar surface area (TPSA) is 95.0 Å². The van der Waals surface area contributed by atoms with Gasteiger partial charge in [0.25, 0.3) is 11.8 Å². The predicted octanol–water partition coefficient (Wildman–Crippen LogP) is 3.91. The molecule has 5 heterocycles. The van der Waals surface area contributed by atoms with Crippen molar-refractivity contribution in [2.45, 2.75) is 25.8 Å². The Labute approximate surface area is 212 Å². The number of aromatic nitrogens is 5. The first-order valence-corrected chi connectivity index (χ1v) is 12.1. The summed E-state index contributed by atoms with van der Waals surface area (Å²) in [7, 11) is 1.81. The molecule has 0 spiro atoms. The Kier molecular flexibility index (Phi) is 5.43. The van der Waals surface area contributed by atoms with E-state index in [1.54, 1.807) is 6.20 Å². The van der Waals surface area contributed by atoms with Gasteiger partial charge in [-0.1, -0.05) is 12.1 Å². The Bertz CT molecular complexity index is 1450. The first kappa shape index (κ1) is 23.1. The van der Waals surface area contributed by atoms with Crippen LogP contribution in [0.15, 0.2) is 48.8 Å². The van der Waals surface area contributed by atoms with E-state index in [-0.39, 0.29) is 5.91 Å². The van der Waals surface area contributed by atoms with Crippen LogP contribution in [0.4, 0.5) is 26.2 Å². The van der Waals surface area contributed by atoms with Gasteiger partial charge in [-0.2, -0.15) is 10.1 Å². The van der Waals surface area contributed by atoms with E-state index in [1.807, 2.05) is 61.1 Å².